The molecule has 0 bridgehead atoms. The Morgan fingerprint density at radius 2 is 2.05 bits per heavy atom. The molecule has 1 nitrogen and oxygen atoms in total. The van der Waals surface area contributed by atoms with E-state index in [1.165, 1.54) is 18.6 Å². The van der Waals surface area contributed by atoms with Crippen LogP contribution < -0.4 is 5.32 Å². The molecule has 0 aromatic heterocycles. The lowest BCUT2D eigenvalue weighted by Gasteiger charge is -2.26. The predicted octanol–water partition coefficient (Wildman–Crippen LogP) is 5.58. The van der Waals surface area contributed by atoms with E-state index >= 15 is 0 Å². The van der Waals surface area contributed by atoms with E-state index in [9.17, 15) is 0 Å². The van der Waals surface area contributed by atoms with E-state index in [0.717, 1.165) is 12.1 Å². The molecule has 0 spiro atoms. The third-order valence-corrected chi connectivity index (χ3v) is 6.46. The van der Waals surface area contributed by atoms with Crippen LogP contribution in [0.5, 0.6) is 0 Å². The third kappa shape index (κ3) is 3.74. The van der Waals surface area contributed by atoms with Gasteiger partial charge in [-0.3, -0.25) is 0 Å². The Bertz CT molecular complexity index is 458. The summed E-state index contributed by atoms with van der Waals surface area (Å²) in [6.07, 6.45) is 2.58. The molecule has 1 N–H and O–H groups in total. The minimum absolute atomic E-state index is 0.167. The number of hydrogen-bond donors (Lipinski definition) is 1. The number of benzene rings is 1. The van der Waals surface area contributed by atoms with Crippen LogP contribution in [-0.2, 0) is 0 Å². The van der Waals surface area contributed by atoms with Gasteiger partial charge in [0.05, 0.1) is 15.1 Å². The largest absolute Gasteiger partial charge is 0.309 e. The first-order valence-corrected chi connectivity index (χ1v) is 8.56. The molecule has 1 aliphatic rings. The normalized spacial score (nSPS) is 24.7. The number of thioether (sulfide) groups is 1. The van der Waals surface area contributed by atoms with Gasteiger partial charge in [0.15, 0.2) is 0 Å². The van der Waals surface area contributed by atoms with E-state index in [1.807, 2.05) is 17.8 Å². The van der Waals surface area contributed by atoms with Gasteiger partial charge >= 0.3 is 0 Å². The van der Waals surface area contributed by atoms with Crippen LogP contribution in [0.15, 0.2) is 12.1 Å². The number of nitrogens with one attached hydrogen (secondary N) is 1. The second kappa shape index (κ2) is 6.44. The van der Waals surface area contributed by atoms with Crippen LogP contribution in [0.2, 0.25) is 15.1 Å². The smallest absolute Gasteiger partial charge is 0.0781 e. The molecule has 1 aromatic rings. The van der Waals surface area contributed by atoms with Gasteiger partial charge in [-0.25, -0.2) is 0 Å². The summed E-state index contributed by atoms with van der Waals surface area (Å²) in [5.74, 6) is 1.26. The maximum absolute atomic E-state index is 6.26. The lowest BCUT2D eigenvalue weighted by Crippen LogP contribution is -2.34. The molecule has 2 rings (SSSR count). The fourth-order valence-electron chi connectivity index (χ4n) is 2.33. The quantitative estimate of drug-likeness (QED) is 0.719. The average molecular weight is 339 g/mol. The molecule has 1 heterocycles. The van der Waals surface area contributed by atoms with Crippen molar-refractivity contribution in [2.75, 3.05) is 12.3 Å². The second-order valence-electron chi connectivity index (χ2n) is 5.27. The summed E-state index contributed by atoms with van der Waals surface area (Å²) in [4.78, 5) is 0. The SMILES string of the molecule is CC(NCC1(C)CCCS1)c1ccc(Cl)c(Cl)c1Cl. The van der Waals surface area contributed by atoms with Crippen LogP contribution in [0.1, 0.15) is 38.3 Å². The van der Waals surface area contributed by atoms with Crippen LogP contribution in [0.25, 0.3) is 0 Å². The number of rotatable bonds is 4. The molecule has 0 aliphatic carbocycles. The van der Waals surface area contributed by atoms with Crippen LogP contribution in [0.4, 0.5) is 0 Å². The maximum Gasteiger partial charge on any atom is 0.0781 e. The topological polar surface area (TPSA) is 12.0 Å². The highest BCUT2D eigenvalue weighted by atomic mass is 35.5. The van der Waals surface area contributed by atoms with E-state index < -0.39 is 0 Å². The maximum atomic E-state index is 6.26. The molecule has 1 aromatic carbocycles. The van der Waals surface area contributed by atoms with Crippen LogP contribution >= 0.6 is 46.6 Å². The third-order valence-electron chi connectivity index (χ3n) is 3.61. The Morgan fingerprint density at radius 3 is 2.68 bits per heavy atom. The van der Waals surface area contributed by atoms with Gasteiger partial charge in [0, 0.05) is 17.3 Å². The highest BCUT2D eigenvalue weighted by Gasteiger charge is 2.29. The predicted molar refractivity (Wildman–Crippen MR) is 88.0 cm³/mol. The number of hydrogen-bond acceptors (Lipinski definition) is 2. The lowest BCUT2D eigenvalue weighted by molar-refractivity contribution is 0.490. The fraction of sp³-hybridized carbons (Fsp3) is 0.571. The Balaban J connectivity index is 2.04. The van der Waals surface area contributed by atoms with Crippen molar-refractivity contribution in [3.8, 4) is 0 Å². The van der Waals surface area contributed by atoms with E-state index in [-0.39, 0.29) is 6.04 Å². The molecule has 19 heavy (non-hydrogen) atoms. The molecule has 1 fully saturated rings. The summed E-state index contributed by atoms with van der Waals surface area (Å²) in [6.45, 7) is 5.41. The van der Waals surface area contributed by atoms with Crippen molar-refractivity contribution < 1.29 is 0 Å². The zero-order valence-electron chi connectivity index (χ0n) is 11.1. The fourth-order valence-corrected chi connectivity index (χ4v) is 4.29. The van der Waals surface area contributed by atoms with Gasteiger partial charge in [-0.05, 0) is 44.1 Å². The molecular weight excluding hydrogens is 321 g/mol. The van der Waals surface area contributed by atoms with Gasteiger partial charge in [0.2, 0.25) is 0 Å². The summed E-state index contributed by atoms with van der Waals surface area (Å²) in [7, 11) is 0. The molecule has 1 saturated heterocycles. The van der Waals surface area contributed by atoms with E-state index in [2.05, 4.69) is 19.2 Å². The van der Waals surface area contributed by atoms with Gasteiger partial charge < -0.3 is 5.32 Å². The van der Waals surface area contributed by atoms with Crippen LogP contribution in [0, 0.1) is 0 Å². The molecular formula is C14H18Cl3NS. The first-order valence-electron chi connectivity index (χ1n) is 6.44. The monoisotopic (exact) mass is 337 g/mol. The van der Waals surface area contributed by atoms with Gasteiger partial charge in [-0.15, -0.1) is 0 Å². The van der Waals surface area contributed by atoms with Gasteiger partial charge in [-0.1, -0.05) is 40.9 Å². The van der Waals surface area contributed by atoms with Crippen molar-refractivity contribution in [1.82, 2.24) is 5.32 Å². The lowest BCUT2D eigenvalue weighted by atomic mass is 10.0. The first-order chi connectivity index (χ1) is 8.93. The Hall–Kier alpha value is 0.400. The minimum Gasteiger partial charge on any atom is -0.309 e. The van der Waals surface area contributed by atoms with Gasteiger partial charge in [-0.2, -0.15) is 11.8 Å². The van der Waals surface area contributed by atoms with E-state index in [1.54, 1.807) is 6.07 Å². The van der Waals surface area contributed by atoms with Crippen molar-refractivity contribution in [2.45, 2.75) is 37.5 Å². The molecule has 1 aliphatic heterocycles. The molecule has 0 radical (unpaired) electrons. The molecule has 2 unspecified atom stereocenters. The summed E-state index contributed by atoms with van der Waals surface area (Å²) in [5, 5.41) is 5.06. The van der Waals surface area contributed by atoms with Crippen molar-refractivity contribution in [1.29, 1.82) is 0 Å². The molecule has 0 saturated carbocycles. The molecule has 5 heteroatoms. The van der Waals surface area contributed by atoms with Crippen molar-refractivity contribution >= 4 is 46.6 Å². The summed E-state index contributed by atoms with van der Waals surface area (Å²) in [5.41, 5.74) is 1.00. The Kier molecular flexibility index (Phi) is 5.35. The molecule has 2 atom stereocenters. The standard InChI is InChI=1S/C14H18Cl3NS/c1-9(18-8-14(2)6-3-7-19-14)10-4-5-11(15)13(17)12(10)16/h4-5,9,18H,3,6-8H2,1-2H3. The van der Waals surface area contributed by atoms with Crippen molar-refractivity contribution in [2.24, 2.45) is 0 Å². The highest BCUT2D eigenvalue weighted by Crippen LogP contribution is 2.38. The van der Waals surface area contributed by atoms with Crippen LogP contribution in [-0.4, -0.2) is 17.0 Å². The molecule has 0 amide bonds. The Morgan fingerprint density at radius 1 is 1.32 bits per heavy atom. The summed E-state index contributed by atoms with van der Waals surface area (Å²) < 4.78 is 0.344. The molecule has 106 valence electrons. The van der Waals surface area contributed by atoms with E-state index in [0.29, 0.717) is 19.8 Å². The van der Waals surface area contributed by atoms with Gasteiger partial charge in [0.1, 0.15) is 0 Å². The average Bonchev–Trinajstić information content (AvgIpc) is 2.81. The summed E-state index contributed by atoms with van der Waals surface area (Å²) in [6, 6.07) is 3.91. The first kappa shape index (κ1) is 15.8. The zero-order valence-corrected chi connectivity index (χ0v) is 14.2. The van der Waals surface area contributed by atoms with Crippen LogP contribution in [0.3, 0.4) is 0 Å². The van der Waals surface area contributed by atoms with Crippen molar-refractivity contribution in [3.63, 3.8) is 0 Å². The van der Waals surface area contributed by atoms with E-state index in [4.69, 9.17) is 34.8 Å². The highest BCUT2D eigenvalue weighted by molar-refractivity contribution is 8.00. The minimum atomic E-state index is 0.167. The number of halogens is 3. The second-order valence-corrected chi connectivity index (χ2v) is 8.11. The summed E-state index contributed by atoms with van der Waals surface area (Å²) >= 11 is 20.3. The Labute approximate surface area is 134 Å². The van der Waals surface area contributed by atoms with Crippen molar-refractivity contribution in [3.05, 3.63) is 32.8 Å². The van der Waals surface area contributed by atoms with Gasteiger partial charge in [0.25, 0.3) is 0 Å². The zero-order chi connectivity index (χ0) is 14.0.